The second-order valence-electron chi connectivity index (χ2n) is 3.06. The molecule has 0 aliphatic carbocycles. The molecule has 0 saturated carbocycles. The molecule has 0 aliphatic heterocycles. The molecule has 0 bridgehead atoms. The summed E-state index contributed by atoms with van der Waals surface area (Å²) < 4.78 is 0. The van der Waals surface area contributed by atoms with Gasteiger partial charge in [-0.15, -0.1) is 0 Å². The molecule has 0 aromatic carbocycles. The molecule has 0 fully saturated rings. The molecule has 0 aromatic heterocycles. The van der Waals surface area contributed by atoms with Gasteiger partial charge in [0.05, 0.1) is 6.07 Å². The quantitative estimate of drug-likeness (QED) is 0.557. The Kier molecular flexibility index (Phi) is 3.72. The third kappa shape index (κ3) is 7.84. The van der Waals surface area contributed by atoms with E-state index in [1.807, 2.05) is 0 Å². The van der Waals surface area contributed by atoms with Crippen LogP contribution in [-0.4, -0.2) is 24.5 Å². The number of nitrogens with zero attached hydrogens (tertiary/aromatic N) is 1. The first-order chi connectivity index (χ1) is 4.06. The highest BCUT2D eigenvalue weighted by atomic mass is 32.3. The summed E-state index contributed by atoms with van der Waals surface area (Å²) in [6.07, 6.45) is 8.65. The smallest absolute Gasteiger partial charge is 0.0622 e. The van der Waals surface area contributed by atoms with Gasteiger partial charge in [-0.05, 0) is 30.9 Å². The van der Waals surface area contributed by atoms with E-state index in [4.69, 9.17) is 5.26 Å². The summed E-state index contributed by atoms with van der Waals surface area (Å²) in [6.45, 7) is 0. The number of nitriles is 1. The summed E-state index contributed by atoms with van der Waals surface area (Å²) in [6, 6.07) is 2.15. The fourth-order valence-electron chi connectivity index (χ4n) is 0.584. The Bertz CT molecular complexity index is 107. The molecule has 0 rings (SSSR count). The molecule has 0 amide bonds. The molecule has 2 heteroatoms. The maximum Gasteiger partial charge on any atom is 0.0622 e. The van der Waals surface area contributed by atoms with Crippen LogP contribution in [0.1, 0.15) is 12.8 Å². The minimum atomic E-state index is -0.347. The van der Waals surface area contributed by atoms with E-state index >= 15 is 0 Å². The topological polar surface area (TPSA) is 23.8 Å². The highest BCUT2D eigenvalue weighted by Gasteiger charge is 2.01. The van der Waals surface area contributed by atoms with Crippen molar-refractivity contribution in [1.29, 1.82) is 5.26 Å². The second kappa shape index (κ2) is 3.79. The average molecular weight is 145 g/mol. The standard InChI is InChI=1S/C7H15NS/c1-9(2,3)7-5-4-6-8/h4-5,7H2,1-3H3. The van der Waals surface area contributed by atoms with Crippen LogP contribution in [0.3, 0.4) is 0 Å². The average Bonchev–Trinajstić information content (AvgIpc) is 1.63. The summed E-state index contributed by atoms with van der Waals surface area (Å²) in [5, 5.41) is 8.22. The van der Waals surface area contributed by atoms with Crippen LogP contribution in [-0.2, 0) is 0 Å². The molecule has 0 atom stereocenters. The van der Waals surface area contributed by atoms with Gasteiger partial charge in [0.1, 0.15) is 0 Å². The van der Waals surface area contributed by atoms with Gasteiger partial charge < -0.3 is 0 Å². The second-order valence-corrected chi connectivity index (χ2v) is 7.65. The lowest BCUT2D eigenvalue weighted by atomic mass is 10.4. The molecule has 54 valence electrons. The van der Waals surface area contributed by atoms with Crippen molar-refractivity contribution in [3.63, 3.8) is 0 Å². The van der Waals surface area contributed by atoms with Gasteiger partial charge in [0, 0.05) is 6.42 Å². The number of hydrogen-bond acceptors (Lipinski definition) is 1. The van der Waals surface area contributed by atoms with Crippen LogP contribution in [0.25, 0.3) is 0 Å². The van der Waals surface area contributed by atoms with E-state index in [0.29, 0.717) is 0 Å². The third-order valence-electron chi connectivity index (χ3n) is 1.05. The fraction of sp³-hybridized carbons (Fsp3) is 0.857. The minimum absolute atomic E-state index is 0.347. The highest BCUT2D eigenvalue weighted by molar-refractivity contribution is 8.32. The van der Waals surface area contributed by atoms with Gasteiger partial charge in [-0.25, -0.2) is 10.0 Å². The van der Waals surface area contributed by atoms with Gasteiger partial charge in [0.15, 0.2) is 0 Å². The molecule has 0 saturated heterocycles. The largest absolute Gasteiger partial charge is 0.250 e. The molecule has 0 spiro atoms. The molecule has 0 radical (unpaired) electrons. The van der Waals surface area contributed by atoms with E-state index in [1.165, 1.54) is 5.75 Å². The van der Waals surface area contributed by atoms with Crippen LogP contribution in [0, 0.1) is 11.3 Å². The van der Waals surface area contributed by atoms with Gasteiger partial charge in [-0.1, -0.05) is 0 Å². The van der Waals surface area contributed by atoms with Crippen molar-refractivity contribution in [3.8, 4) is 6.07 Å². The van der Waals surface area contributed by atoms with Gasteiger partial charge in [0.2, 0.25) is 0 Å². The van der Waals surface area contributed by atoms with E-state index in [1.54, 1.807) is 0 Å². The fourth-order valence-corrected chi connectivity index (χ4v) is 1.59. The van der Waals surface area contributed by atoms with Gasteiger partial charge in [0.25, 0.3) is 0 Å². The van der Waals surface area contributed by atoms with Crippen molar-refractivity contribution in [2.24, 2.45) is 0 Å². The summed E-state index contributed by atoms with van der Waals surface area (Å²) in [4.78, 5) is 0. The molecular formula is C7H15NS. The summed E-state index contributed by atoms with van der Waals surface area (Å²) in [5.74, 6) is 1.24. The Labute approximate surface area is 59.4 Å². The number of unbranched alkanes of at least 4 members (excludes halogenated alkanes) is 1. The van der Waals surface area contributed by atoms with Crippen molar-refractivity contribution >= 4 is 10.0 Å². The predicted molar refractivity (Wildman–Crippen MR) is 45.1 cm³/mol. The van der Waals surface area contributed by atoms with Crippen molar-refractivity contribution in [1.82, 2.24) is 0 Å². The normalized spacial score (nSPS) is 12.7. The zero-order valence-electron chi connectivity index (χ0n) is 6.48. The van der Waals surface area contributed by atoms with Gasteiger partial charge in [-0.3, -0.25) is 0 Å². The number of rotatable bonds is 3. The molecule has 1 nitrogen and oxygen atoms in total. The first-order valence-electron chi connectivity index (χ1n) is 3.09. The van der Waals surface area contributed by atoms with Gasteiger partial charge >= 0.3 is 0 Å². The first-order valence-corrected chi connectivity index (χ1v) is 6.12. The molecule has 0 aliphatic rings. The zero-order chi connectivity index (χ0) is 7.33. The first kappa shape index (κ1) is 8.84. The molecule has 0 heterocycles. The highest BCUT2D eigenvalue weighted by Crippen LogP contribution is 2.35. The van der Waals surface area contributed by atoms with Crippen LogP contribution < -0.4 is 0 Å². The van der Waals surface area contributed by atoms with E-state index in [2.05, 4.69) is 24.8 Å². The van der Waals surface area contributed by atoms with Crippen LogP contribution >= 0.6 is 10.0 Å². The maximum atomic E-state index is 8.22. The summed E-state index contributed by atoms with van der Waals surface area (Å²) >= 11 is 0. The Balaban J connectivity index is 3.20. The van der Waals surface area contributed by atoms with E-state index in [-0.39, 0.29) is 10.0 Å². The van der Waals surface area contributed by atoms with Crippen molar-refractivity contribution in [2.45, 2.75) is 12.8 Å². The van der Waals surface area contributed by atoms with Crippen molar-refractivity contribution < 1.29 is 0 Å². The predicted octanol–water partition coefficient (Wildman–Crippen LogP) is 1.98. The summed E-state index contributed by atoms with van der Waals surface area (Å²) in [7, 11) is -0.347. The Morgan fingerprint density at radius 3 is 2.22 bits per heavy atom. The Morgan fingerprint density at radius 1 is 1.33 bits per heavy atom. The van der Waals surface area contributed by atoms with E-state index in [9.17, 15) is 0 Å². The van der Waals surface area contributed by atoms with Crippen molar-refractivity contribution in [3.05, 3.63) is 0 Å². The number of hydrogen-bond donors (Lipinski definition) is 0. The lowest BCUT2D eigenvalue weighted by Crippen LogP contribution is -1.97. The Hall–Kier alpha value is -0.160. The van der Waals surface area contributed by atoms with Crippen LogP contribution in [0.2, 0.25) is 0 Å². The maximum absolute atomic E-state index is 8.22. The van der Waals surface area contributed by atoms with Crippen LogP contribution in [0.4, 0.5) is 0 Å². The van der Waals surface area contributed by atoms with Crippen LogP contribution in [0.5, 0.6) is 0 Å². The van der Waals surface area contributed by atoms with Crippen molar-refractivity contribution in [2.75, 3.05) is 24.5 Å². The molecular weight excluding hydrogens is 130 g/mol. The van der Waals surface area contributed by atoms with Gasteiger partial charge in [-0.2, -0.15) is 5.26 Å². The zero-order valence-corrected chi connectivity index (χ0v) is 7.29. The Morgan fingerprint density at radius 2 is 1.89 bits per heavy atom. The molecule has 0 unspecified atom stereocenters. The molecule has 0 N–H and O–H groups in total. The lowest BCUT2D eigenvalue weighted by molar-refractivity contribution is 0.977. The monoisotopic (exact) mass is 145 g/mol. The summed E-state index contributed by atoms with van der Waals surface area (Å²) in [5.41, 5.74) is 0. The van der Waals surface area contributed by atoms with E-state index in [0.717, 1.165) is 12.8 Å². The minimum Gasteiger partial charge on any atom is -0.250 e. The molecule has 0 aromatic rings. The van der Waals surface area contributed by atoms with Crippen LogP contribution in [0.15, 0.2) is 0 Å². The lowest BCUT2D eigenvalue weighted by Gasteiger charge is -2.23. The third-order valence-corrected chi connectivity index (χ3v) is 2.56. The van der Waals surface area contributed by atoms with E-state index < -0.39 is 0 Å². The molecule has 9 heavy (non-hydrogen) atoms. The SMILES string of the molecule is CS(C)(C)CCCC#N.